The van der Waals surface area contributed by atoms with Gasteiger partial charge >= 0.3 is 0 Å². The summed E-state index contributed by atoms with van der Waals surface area (Å²) in [7, 11) is 1.55. The number of rotatable bonds is 1. The lowest BCUT2D eigenvalue weighted by Gasteiger charge is -2.08. The highest BCUT2D eigenvalue weighted by atomic mass is 16.1. The molecular weight excluding hydrogens is 226 g/mol. The van der Waals surface area contributed by atoms with Crippen molar-refractivity contribution >= 4 is 0 Å². The zero-order chi connectivity index (χ0) is 13.3. The van der Waals surface area contributed by atoms with Gasteiger partial charge in [-0.3, -0.25) is 4.79 Å². The fourth-order valence-electron chi connectivity index (χ4n) is 1.83. The summed E-state index contributed by atoms with van der Waals surface area (Å²) in [6, 6.07) is 9.48. The molecule has 0 aliphatic rings. The Hall–Kier alpha value is -2.41. The third-order valence-electron chi connectivity index (χ3n) is 2.85. The second kappa shape index (κ2) is 4.46. The van der Waals surface area contributed by atoms with E-state index in [2.05, 4.69) is 5.10 Å². The van der Waals surface area contributed by atoms with Gasteiger partial charge in [0.2, 0.25) is 0 Å². The first-order valence-corrected chi connectivity index (χ1v) is 5.59. The molecule has 0 bridgehead atoms. The molecule has 90 valence electrons. The van der Waals surface area contributed by atoms with E-state index in [1.54, 1.807) is 13.1 Å². The highest BCUT2D eigenvalue weighted by Gasteiger charge is 2.09. The van der Waals surface area contributed by atoms with Crippen molar-refractivity contribution in [3.05, 3.63) is 51.3 Å². The smallest absolute Gasteiger partial charge is 0.266 e. The van der Waals surface area contributed by atoms with Gasteiger partial charge in [-0.05, 0) is 31.5 Å². The number of benzene rings is 1. The zero-order valence-corrected chi connectivity index (χ0v) is 10.6. The van der Waals surface area contributed by atoms with Crippen LogP contribution in [0.15, 0.2) is 29.1 Å². The molecule has 0 aliphatic carbocycles. The van der Waals surface area contributed by atoms with Crippen molar-refractivity contribution in [2.24, 2.45) is 7.05 Å². The van der Waals surface area contributed by atoms with Gasteiger partial charge in [0.1, 0.15) is 11.6 Å². The number of hydrogen-bond donors (Lipinski definition) is 0. The van der Waals surface area contributed by atoms with Gasteiger partial charge in [-0.15, -0.1) is 0 Å². The SMILES string of the molecule is Cc1ccc(C)c(-c2cc(C#N)c(=O)n(C)n2)c1. The maximum atomic E-state index is 11.6. The topological polar surface area (TPSA) is 58.7 Å². The minimum absolute atomic E-state index is 0.114. The maximum Gasteiger partial charge on any atom is 0.284 e. The minimum Gasteiger partial charge on any atom is -0.266 e. The standard InChI is InChI=1S/C14H13N3O/c1-9-4-5-10(2)12(6-9)13-7-11(8-15)14(18)17(3)16-13/h4-7H,1-3H3. The number of hydrogen-bond acceptors (Lipinski definition) is 3. The van der Waals surface area contributed by atoms with Gasteiger partial charge in [0, 0.05) is 12.6 Å². The van der Waals surface area contributed by atoms with Crippen LogP contribution in [0.2, 0.25) is 0 Å². The van der Waals surface area contributed by atoms with Crippen LogP contribution in [0.1, 0.15) is 16.7 Å². The van der Waals surface area contributed by atoms with Crippen LogP contribution in [0.3, 0.4) is 0 Å². The lowest BCUT2D eigenvalue weighted by molar-refractivity contribution is 0.709. The first-order chi connectivity index (χ1) is 8.52. The Morgan fingerprint density at radius 1 is 1.28 bits per heavy atom. The summed E-state index contributed by atoms with van der Waals surface area (Å²) in [4.78, 5) is 11.6. The van der Waals surface area contributed by atoms with Gasteiger partial charge < -0.3 is 0 Å². The Kier molecular flexibility index (Phi) is 2.99. The Morgan fingerprint density at radius 3 is 2.67 bits per heavy atom. The minimum atomic E-state index is -0.369. The van der Waals surface area contributed by atoms with Crippen molar-refractivity contribution in [1.82, 2.24) is 9.78 Å². The zero-order valence-electron chi connectivity index (χ0n) is 10.6. The van der Waals surface area contributed by atoms with Crippen molar-refractivity contribution in [2.75, 3.05) is 0 Å². The molecule has 1 aromatic carbocycles. The highest BCUT2D eigenvalue weighted by molar-refractivity contribution is 5.65. The summed E-state index contributed by atoms with van der Waals surface area (Å²) >= 11 is 0. The second-order valence-electron chi connectivity index (χ2n) is 4.30. The fraction of sp³-hybridized carbons (Fsp3) is 0.214. The van der Waals surface area contributed by atoms with Crippen molar-refractivity contribution < 1.29 is 0 Å². The summed E-state index contributed by atoms with van der Waals surface area (Å²) in [5.74, 6) is 0. The van der Waals surface area contributed by atoms with Gasteiger partial charge in [-0.25, -0.2) is 4.68 Å². The van der Waals surface area contributed by atoms with Crippen LogP contribution >= 0.6 is 0 Å². The van der Waals surface area contributed by atoms with Crippen LogP contribution in [0.4, 0.5) is 0 Å². The molecule has 0 spiro atoms. The molecule has 0 saturated heterocycles. The van der Waals surface area contributed by atoms with Crippen molar-refractivity contribution in [1.29, 1.82) is 5.26 Å². The van der Waals surface area contributed by atoms with Crippen LogP contribution in [0.25, 0.3) is 11.3 Å². The number of nitrogens with zero attached hydrogens (tertiary/aromatic N) is 3. The highest BCUT2D eigenvalue weighted by Crippen LogP contribution is 2.22. The third-order valence-corrected chi connectivity index (χ3v) is 2.85. The largest absolute Gasteiger partial charge is 0.284 e. The van der Waals surface area contributed by atoms with Crippen LogP contribution < -0.4 is 5.56 Å². The average Bonchev–Trinajstić information content (AvgIpc) is 2.35. The first-order valence-electron chi connectivity index (χ1n) is 5.59. The Labute approximate surface area is 105 Å². The van der Waals surface area contributed by atoms with E-state index in [4.69, 9.17) is 5.26 Å². The molecule has 0 N–H and O–H groups in total. The fourth-order valence-corrected chi connectivity index (χ4v) is 1.83. The molecule has 0 fully saturated rings. The van der Waals surface area contributed by atoms with E-state index in [0.29, 0.717) is 5.69 Å². The summed E-state index contributed by atoms with van der Waals surface area (Å²) in [5.41, 5.74) is 3.52. The molecule has 0 atom stereocenters. The second-order valence-corrected chi connectivity index (χ2v) is 4.30. The molecule has 0 radical (unpaired) electrons. The number of nitriles is 1. The van der Waals surface area contributed by atoms with E-state index in [-0.39, 0.29) is 11.1 Å². The lowest BCUT2D eigenvalue weighted by Crippen LogP contribution is -2.22. The molecule has 4 heteroatoms. The molecule has 4 nitrogen and oxygen atoms in total. The van der Waals surface area contributed by atoms with Gasteiger partial charge in [-0.2, -0.15) is 10.4 Å². The lowest BCUT2D eigenvalue weighted by atomic mass is 10.0. The van der Waals surface area contributed by atoms with Crippen molar-refractivity contribution in [3.63, 3.8) is 0 Å². The number of aromatic nitrogens is 2. The summed E-state index contributed by atoms with van der Waals surface area (Å²) < 4.78 is 1.20. The molecule has 2 aromatic rings. The van der Waals surface area contributed by atoms with Crippen LogP contribution in [0, 0.1) is 25.2 Å². The Bertz CT molecular complexity index is 708. The van der Waals surface area contributed by atoms with E-state index in [9.17, 15) is 4.79 Å². The van der Waals surface area contributed by atoms with Crippen molar-refractivity contribution in [2.45, 2.75) is 13.8 Å². The van der Waals surface area contributed by atoms with Crippen LogP contribution in [-0.2, 0) is 7.05 Å². The predicted octanol–water partition coefficient (Wildman–Crippen LogP) is 1.94. The van der Waals surface area contributed by atoms with Crippen LogP contribution in [-0.4, -0.2) is 9.78 Å². The van der Waals surface area contributed by atoms with Gasteiger partial charge in [0.25, 0.3) is 5.56 Å². The predicted molar refractivity (Wildman–Crippen MR) is 69.1 cm³/mol. The molecule has 1 aromatic heterocycles. The first kappa shape index (κ1) is 12.1. The molecular formula is C14H13N3O. The molecule has 0 amide bonds. The molecule has 0 aliphatic heterocycles. The quantitative estimate of drug-likeness (QED) is 0.764. The monoisotopic (exact) mass is 239 g/mol. The van der Waals surface area contributed by atoms with E-state index in [1.165, 1.54) is 4.68 Å². The Balaban J connectivity index is 2.73. The molecule has 18 heavy (non-hydrogen) atoms. The average molecular weight is 239 g/mol. The molecule has 0 saturated carbocycles. The van der Waals surface area contributed by atoms with Crippen molar-refractivity contribution in [3.8, 4) is 17.3 Å². The summed E-state index contributed by atoms with van der Waals surface area (Å²) in [6.45, 7) is 3.98. The van der Waals surface area contributed by atoms with E-state index >= 15 is 0 Å². The van der Waals surface area contributed by atoms with E-state index in [0.717, 1.165) is 16.7 Å². The molecule has 1 heterocycles. The van der Waals surface area contributed by atoms with E-state index in [1.807, 2.05) is 38.1 Å². The molecule has 0 unspecified atom stereocenters. The van der Waals surface area contributed by atoms with Gasteiger partial charge in [0.15, 0.2) is 0 Å². The maximum absolute atomic E-state index is 11.6. The number of aryl methyl sites for hydroxylation is 3. The Morgan fingerprint density at radius 2 is 2.00 bits per heavy atom. The van der Waals surface area contributed by atoms with Gasteiger partial charge in [-0.1, -0.05) is 17.7 Å². The van der Waals surface area contributed by atoms with Gasteiger partial charge in [0.05, 0.1) is 5.69 Å². The van der Waals surface area contributed by atoms with Crippen LogP contribution in [0.5, 0.6) is 0 Å². The third kappa shape index (κ3) is 2.03. The normalized spacial score (nSPS) is 10.1. The summed E-state index contributed by atoms with van der Waals surface area (Å²) in [5, 5.41) is 13.2. The van der Waals surface area contributed by atoms with E-state index < -0.39 is 0 Å². The summed E-state index contributed by atoms with van der Waals surface area (Å²) in [6.07, 6.45) is 0. The molecule has 2 rings (SSSR count).